The Balaban J connectivity index is 2.78. The number of nitrogens with one attached hydrogen (secondary N) is 1. The van der Waals surface area contributed by atoms with Crippen LogP contribution in [0.5, 0.6) is 5.75 Å². The molecule has 1 aromatic rings. The van der Waals surface area contributed by atoms with Gasteiger partial charge in [0.25, 0.3) is 0 Å². The van der Waals surface area contributed by atoms with Crippen LogP contribution in [0.1, 0.15) is 6.42 Å². The summed E-state index contributed by atoms with van der Waals surface area (Å²) in [6, 6.07) is 2.92. The van der Waals surface area contributed by atoms with Gasteiger partial charge in [0, 0.05) is 19.7 Å². The largest absolute Gasteiger partial charge is 0.432 e. The summed E-state index contributed by atoms with van der Waals surface area (Å²) in [5.41, 5.74) is 5.31. The van der Waals surface area contributed by atoms with Gasteiger partial charge in [-0.25, -0.2) is 4.39 Å². The topological polar surface area (TPSA) is 73.6 Å². The van der Waals surface area contributed by atoms with Crippen LogP contribution in [-0.2, 0) is 9.53 Å². The summed E-state index contributed by atoms with van der Waals surface area (Å²) in [6.45, 7) is -2.99. The van der Waals surface area contributed by atoms with E-state index in [4.69, 9.17) is 10.5 Å². The molecule has 0 fully saturated rings. The van der Waals surface area contributed by atoms with Crippen LogP contribution < -0.4 is 15.8 Å². The van der Waals surface area contributed by atoms with Crippen LogP contribution in [0.3, 0.4) is 0 Å². The standard InChI is InChI=1S/C12H15F3N2O3/c1-19-8(6-16)5-11(18)17-9-3-2-7(13)4-10(9)20-12(14)15/h2-4,8,12H,5-6,16H2,1H3,(H,17,18). The second-order valence-corrected chi connectivity index (χ2v) is 3.86. The minimum atomic E-state index is -3.12. The fourth-order valence-corrected chi connectivity index (χ4v) is 1.46. The number of ether oxygens (including phenoxy) is 2. The summed E-state index contributed by atoms with van der Waals surface area (Å²) in [5, 5.41) is 2.34. The highest BCUT2D eigenvalue weighted by molar-refractivity contribution is 5.92. The van der Waals surface area contributed by atoms with Crippen LogP contribution in [0.15, 0.2) is 18.2 Å². The van der Waals surface area contributed by atoms with Gasteiger partial charge in [-0.2, -0.15) is 8.78 Å². The molecule has 0 aliphatic heterocycles. The smallest absolute Gasteiger partial charge is 0.387 e. The van der Waals surface area contributed by atoms with Gasteiger partial charge >= 0.3 is 6.61 Å². The minimum Gasteiger partial charge on any atom is -0.432 e. The maximum Gasteiger partial charge on any atom is 0.387 e. The van der Waals surface area contributed by atoms with E-state index in [-0.39, 0.29) is 18.7 Å². The number of rotatable bonds is 7. The van der Waals surface area contributed by atoms with Crippen LogP contribution in [0.2, 0.25) is 0 Å². The molecule has 1 amide bonds. The first-order valence-corrected chi connectivity index (χ1v) is 5.73. The second-order valence-electron chi connectivity index (χ2n) is 3.86. The Labute approximate surface area is 113 Å². The molecule has 112 valence electrons. The van der Waals surface area contributed by atoms with Crippen molar-refractivity contribution in [2.24, 2.45) is 5.73 Å². The first kappa shape index (κ1) is 16.3. The van der Waals surface area contributed by atoms with E-state index < -0.39 is 30.2 Å². The molecule has 0 aliphatic carbocycles. The number of benzene rings is 1. The van der Waals surface area contributed by atoms with Crippen molar-refractivity contribution in [2.75, 3.05) is 19.0 Å². The molecular formula is C12H15F3N2O3. The van der Waals surface area contributed by atoms with Crippen molar-refractivity contribution in [1.29, 1.82) is 0 Å². The van der Waals surface area contributed by atoms with Crippen molar-refractivity contribution in [1.82, 2.24) is 0 Å². The predicted molar refractivity (Wildman–Crippen MR) is 66.1 cm³/mol. The van der Waals surface area contributed by atoms with E-state index >= 15 is 0 Å². The lowest BCUT2D eigenvalue weighted by molar-refractivity contribution is -0.118. The summed E-state index contributed by atoms with van der Waals surface area (Å²) < 4.78 is 46.4. The molecule has 0 spiro atoms. The monoisotopic (exact) mass is 292 g/mol. The summed E-state index contributed by atoms with van der Waals surface area (Å²) in [4.78, 5) is 11.7. The van der Waals surface area contributed by atoms with Crippen molar-refractivity contribution < 1.29 is 27.4 Å². The Morgan fingerprint density at radius 2 is 2.15 bits per heavy atom. The van der Waals surface area contributed by atoms with E-state index in [1.807, 2.05) is 0 Å². The van der Waals surface area contributed by atoms with Crippen LogP contribution in [0.25, 0.3) is 0 Å². The maximum absolute atomic E-state index is 13.0. The highest BCUT2D eigenvalue weighted by Crippen LogP contribution is 2.27. The molecule has 0 saturated heterocycles. The van der Waals surface area contributed by atoms with Gasteiger partial charge in [0.05, 0.1) is 18.2 Å². The Morgan fingerprint density at radius 3 is 2.70 bits per heavy atom. The summed E-state index contributed by atoms with van der Waals surface area (Å²) >= 11 is 0. The summed E-state index contributed by atoms with van der Waals surface area (Å²) in [5.74, 6) is -1.71. The number of anilines is 1. The molecule has 0 heterocycles. The zero-order chi connectivity index (χ0) is 15.1. The SMILES string of the molecule is COC(CN)CC(=O)Nc1ccc(F)cc1OC(F)F. The third kappa shape index (κ3) is 5.06. The van der Waals surface area contributed by atoms with Crippen LogP contribution in [0, 0.1) is 5.82 Å². The van der Waals surface area contributed by atoms with Crippen LogP contribution >= 0.6 is 0 Å². The van der Waals surface area contributed by atoms with Crippen LogP contribution in [0.4, 0.5) is 18.9 Å². The van der Waals surface area contributed by atoms with Crippen molar-refractivity contribution in [3.05, 3.63) is 24.0 Å². The van der Waals surface area contributed by atoms with Crippen molar-refractivity contribution in [2.45, 2.75) is 19.1 Å². The number of hydrogen-bond acceptors (Lipinski definition) is 4. The fraction of sp³-hybridized carbons (Fsp3) is 0.417. The number of carbonyl (C=O) groups is 1. The molecule has 3 N–H and O–H groups in total. The average Bonchev–Trinajstić information content (AvgIpc) is 2.38. The number of amides is 1. The lowest BCUT2D eigenvalue weighted by atomic mass is 10.2. The molecule has 0 bridgehead atoms. The molecule has 0 radical (unpaired) electrons. The predicted octanol–water partition coefficient (Wildman–Crippen LogP) is 1.73. The number of carbonyl (C=O) groups excluding carboxylic acids is 1. The molecule has 20 heavy (non-hydrogen) atoms. The molecule has 5 nitrogen and oxygen atoms in total. The number of nitrogens with two attached hydrogens (primary N) is 1. The van der Waals surface area contributed by atoms with Crippen LogP contribution in [-0.4, -0.2) is 32.3 Å². The van der Waals surface area contributed by atoms with Crippen molar-refractivity contribution in [3.63, 3.8) is 0 Å². The van der Waals surface area contributed by atoms with E-state index in [9.17, 15) is 18.0 Å². The van der Waals surface area contributed by atoms with Gasteiger partial charge in [-0.05, 0) is 12.1 Å². The van der Waals surface area contributed by atoms with Gasteiger partial charge in [0.2, 0.25) is 5.91 Å². The minimum absolute atomic E-state index is 0.0522. The number of halogens is 3. The lowest BCUT2D eigenvalue weighted by Gasteiger charge is -2.15. The van der Waals surface area contributed by atoms with E-state index in [0.717, 1.165) is 18.2 Å². The van der Waals surface area contributed by atoms with E-state index in [0.29, 0.717) is 0 Å². The van der Waals surface area contributed by atoms with Gasteiger partial charge in [-0.3, -0.25) is 4.79 Å². The Kier molecular flexibility index (Phi) is 6.26. The number of alkyl halides is 2. The Hall–Kier alpha value is -1.80. The zero-order valence-electron chi connectivity index (χ0n) is 10.7. The van der Waals surface area contributed by atoms with Crippen molar-refractivity contribution >= 4 is 11.6 Å². The normalized spacial score (nSPS) is 12.3. The van der Waals surface area contributed by atoms with E-state index in [1.165, 1.54) is 7.11 Å². The van der Waals surface area contributed by atoms with Gasteiger partial charge in [-0.15, -0.1) is 0 Å². The van der Waals surface area contributed by atoms with Gasteiger partial charge < -0.3 is 20.5 Å². The number of methoxy groups -OCH3 is 1. The lowest BCUT2D eigenvalue weighted by Crippen LogP contribution is -2.28. The summed E-state index contributed by atoms with van der Waals surface area (Å²) in [7, 11) is 1.40. The maximum atomic E-state index is 13.0. The second kappa shape index (κ2) is 7.71. The first-order valence-electron chi connectivity index (χ1n) is 5.73. The molecule has 0 aliphatic rings. The van der Waals surface area contributed by atoms with Gasteiger partial charge in [0.1, 0.15) is 5.82 Å². The van der Waals surface area contributed by atoms with Gasteiger partial charge in [-0.1, -0.05) is 0 Å². The highest BCUT2D eigenvalue weighted by atomic mass is 19.3. The summed E-state index contributed by atoms with van der Waals surface area (Å²) in [6.07, 6.45) is -0.548. The molecule has 8 heteroatoms. The first-order chi connectivity index (χ1) is 9.46. The zero-order valence-corrected chi connectivity index (χ0v) is 10.7. The molecular weight excluding hydrogens is 277 g/mol. The molecule has 1 rings (SSSR count). The fourth-order valence-electron chi connectivity index (χ4n) is 1.46. The molecule has 1 atom stereocenters. The van der Waals surface area contributed by atoms with Gasteiger partial charge in [0.15, 0.2) is 5.75 Å². The number of hydrogen-bond donors (Lipinski definition) is 2. The average molecular weight is 292 g/mol. The van der Waals surface area contributed by atoms with Crippen molar-refractivity contribution in [3.8, 4) is 5.75 Å². The molecule has 1 aromatic carbocycles. The molecule has 1 unspecified atom stereocenters. The molecule has 0 saturated carbocycles. The third-order valence-electron chi connectivity index (χ3n) is 2.44. The third-order valence-corrected chi connectivity index (χ3v) is 2.44. The van der Waals surface area contributed by atoms with E-state index in [2.05, 4.69) is 10.1 Å². The Morgan fingerprint density at radius 1 is 1.45 bits per heavy atom. The molecule has 0 aromatic heterocycles. The Bertz CT molecular complexity index is 454. The quantitative estimate of drug-likeness (QED) is 0.802. The van der Waals surface area contributed by atoms with E-state index in [1.54, 1.807) is 0 Å². The highest BCUT2D eigenvalue weighted by Gasteiger charge is 2.16.